The Morgan fingerprint density at radius 2 is 2.04 bits per heavy atom. The molecule has 122 valence electrons. The van der Waals surface area contributed by atoms with Crippen LogP contribution in [0.1, 0.15) is 22.7 Å². The van der Waals surface area contributed by atoms with Crippen LogP contribution in [0.25, 0.3) is 5.78 Å². The summed E-state index contributed by atoms with van der Waals surface area (Å²) in [6, 6.07) is 0.944. The van der Waals surface area contributed by atoms with Crippen molar-refractivity contribution in [3.63, 3.8) is 0 Å². The van der Waals surface area contributed by atoms with Crippen LogP contribution >= 0.6 is 0 Å². The highest BCUT2D eigenvalue weighted by Gasteiger charge is 2.34. The first-order valence-corrected chi connectivity index (χ1v) is 6.68. The lowest BCUT2D eigenvalue weighted by Crippen LogP contribution is -2.22. The van der Waals surface area contributed by atoms with Crippen molar-refractivity contribution in [2.45, 2.75) is 26.6 Å². The van der Waals surface area contributed by atoms with Gasteiger partial charge in [0, 0.05) is 25.2 Å². The molecule has 3 rings (SSSR count). The van der Waals surface area contributed by atoms with Crippen LogP contribution < -0.4 is 4.90 Å². The van der Waals surface area contributed by atoms with E-state index in [9.17, 15) is 13.2 Å². The summed E-state index contributed by atoms with van der Waals surface area (Å²) >= 11 is 0. The standard InChI is InChI=1S/C13H13F3N6O/c1-7-9(8(2)23-20-7)5-21(3)11-4-10(13(14,15)16)19-12-17-6-18-22(11)12/h4,6H,5H2,1-3H3. The maximum atomic E-state index is 13.0. The number of halogens is 3. The lowest BCUT2D eigenvalue weighted by Gasteiger charge is -2.20. The van der Waals surface area contributed by atoms with Crippen molar-refractivity contribution in [1.82, 2.24) is 24.7 Å². The smallest absolute Gasteiger partial charge is 0.361 e. The van der Waals surface area contributed by atoms with E-state index in [1.165, 1.54) is 4.52 Å². The normalized spacial score (nSPS) is 12.1. The maximum Gasteiger partial charge on any atom is 0.433 e. The summed E-state index contributed by atoms with van der Waals surface area (Å²) in [6.07, 6.45) is -3.40. The van der Waals surface area contributed by atoms with Crippen LogP contribution in [0.15, 0.2) is 16.9 Å². The lowest BCUT2D eigenvalue weighted by molar-refractivity contribution is -0.141. The number of aromatic nitrogens is 5. The van der Waals surface area contributed by atoms with E-state index in [0.717, 1.165) is 18.0 Å². The van der Waals surface area contributed by atoms with E-state index in [-0.39, 0.29) is 11.6 Å². The monoisotopic (exact) mass is 326 g/mol. The molecule has 3 aromatic rings. The molecule has 0 aliphatic carbocycles. The highest BCUT2D eigenvalue weighted by atomic mass is 19.4. The molecule has 0 atom stereocenters. The molecule has 7 nitrogen and oxygen atoms in total. The second-order valence-electron chi connectivity index (χ2n) is 5.13. The van der Waals surface area contributed by atoms with E-state index < -0.39 is 11.9 Å². The molecule has 0 N–H and O–H groups in total. The van der Waals surface area contributed by atoms with Gasteiger partial charge in [-0.15, -0.1) is 0 Å². The zero-order valence-corrected chi connectivity index (χ0v) is 12.6. The summed E-state index contributed by atoms with van der Waals surface area (Å²) < 4.78 is 45.4. The molecular weight excluding hydrogens is 313 g/mol. The van der Waals surface area contributed by atoms with Gasteiger partial charge in [-0.1, -0.05) is 5.16 Å². The number of nitrogens with zero attached hydrogens (tertiary/aromatic N) is 6. The van der Waals surface area contributed by atoms with E-state index in [0.29, 0.717) is 18.0 Å². The fourth-order valence-corrected chi connectivity index (χ4v) is 2.26. The molecule has 0 fully saturated rings. The van der Waals surface area contributed by atoms with Crippen molar-refractivity contribution in [2.24, 2.45) is 0 Å². The van der Waals surface area contributed by atoms with E-state index in [2.05, 4.69) is 20.2 Å². The van der Waals surface area contributed by atoms with Crippen LogP contribution in [0.4, 0.5) is 19.0 Å². The molecular formula is C13H13F3N6O. The Morgan fingerprint density at radius 1 is 1.30 bits per heavy atom. The number of hydrogen-bond acceptors (Lipinski definition) is 6. The van der Waals surface area contributed by atoms with Gasteiger partial charge in [0.25, 0.3) is 5.78 Å². The molecule has 0 radical (unpaired) electrons. The zero-order chi connectivity index (χ0) is 16.8. The minimum Gasteiger partial charge on any atom is -0.361 e. The predicted molar refractivity (Wildman–Crippen MR) is 73.9 cm³/mol. The third kappa shape index (κ3) is 2.71. The van der Waals surface area contributed by atoms with Gasteiger partial charge >= 0.3 is 6.18 Å². The second-order valence-corrected chi connectivity index (χ2v) is 5.13. The molecule has 10 heteroatoms. The topological polar surface area (TPSA) is 72.3 Å². The molecule has 0 aliphatic rings. The molecule has 3 heterocycles. The van der Waals surface area contributed by atoms with Gasteiger partial charge in [-0.2, -0.15) is 27.8 Å². The molecule has 0 saturated carbocycles. The van der Waals surface area contributed by atoms with E-state index in [4.69, 9.17) is 4.52 Å². The second kappa shape index (κ2) is 5.21. The molecule has 0 bridgehead atoms. The predicted octanol–water partition coefficient (Wildman–Crippen LogP) is 2.38. The molecule has 23 heavy (non-hydrogen) atoms. The van der Waals surface area contributed by atoms with Gasteiger partial charge in [-0.3, -0.25) is 0 Å². The van der Waals surface area contributed by atoms with Crippen molar-refractivity contribution in [2.75, 3.05) is 11.9 Å². The number of aryl methyl sites for hydroxylation is 2. The van der Waals surface area contributed by atoms with Gasteiger partial charge in [-0.25, -0.2) is 4.98 Å². The number of hydrogen-bond donors (Lipinski definition) is 0. The maximum absolute atomic E-state index is 13.0. The number of anilines is 1. The van der Waals surface area contributed by atoms with Crippen molar-refractivity contribution in [3.05, 3.63) is 35.1 Å². The van der Waals surface area contributed by atoms with Gasteiger partial charge in [-0.05, 0) is 13.8 Å². The SMILES string of the molecule is Cc1noc(C)c1CN(C)c1cc(C(F)(F)F)nc2ncnn12. The molecule has 0 saturated heterocycles. The Balaban J connectivity index is 2.06. The minimum absolute atomic E-state index is 0.111. The summed E-state index contributed by atoms with van der Waals surface area (Å²) in [7, 11) is 1.66. The van der Waals surface area contributed by atoms with Crippen LogP contribution in [-0.2, 0) is 12.7 Å². The van der Waals surface area contributed by atoms with E-state index in [1.807, 2.05) is 0 Å². The van der Waals surface area contributed by atoms with Crippen molar-refractivity contribution < 1.29 is 17.7 Å². The van der Waals surface area contributed by atoms with Crippen LogP contribution in [0, 0.1) is 13.8 Å². The lowest BCUT2D eigenvalue weighted by atomic mass is 10.2. The first-order chi connectivity index (χ1) is 10.8. The van der Waals surface area contributed by atoms with Crippen molar-refractivity contribution >= 4 is 11.6 Å². The largest absolute Gasteiger partial charge is 0.433 e. The molecule has 0 aliphatic heterocycles. The average Bonchev–Trinajstić information content (AvgIpc) is 3.06. The third-order valence-electron chi connectivity index (χ3n) is 3.49. The van der Waals surface area contributed by atoms with Gasteiger partial charge in [0.05, 0.1) is 5.69 Å². The minimum atomic E-state index is -4.56. The molecule has 3 aromatic heterocycles. The average molecular weight is 326 g/mol. The molecule has 0 unspecified atom stereocenters. The highest BCUT2D eigenvalue weighted by molar-refractivity contribution is 5.48. The Kier molecular flexibility index (Phi) is 3.46. The van der Waals surface area contributed by atoms with Gasteiger partial charge in [0.2, 0.25) is 0 Å². The van der Waals surface area contributed by atoms with Gasteiger partial charge in [0.15, 0.2) is 5.69 Å². The summed E-state index contributed by atoms with van der Waals surface area (Å²) in [4.78, 5) is 8.86. The van der Waals surface area contributed by atoms with Crippen LogP contribution in [0.3, 0.4) is 0 Å². The van der Waals surface area contributed by atoms with Crippen molar-refractivity contribution in [1.29, 1.82) is 0 Å². The van der Waals surface area contributed by atoms with E-state index in [1.54, 1.807) is 25.8 Å². The number of alkyl halides is 3. The number of fused-ring (bicyclic) bond motifs is 1. The zero-order valence-electron chi connectivity index (χ0n) is 12.6. The molecule has 0 aromatic carbocycles. The highest BCUT2D eigenvalue weighted by Crippen LogP contribution is 2.30. The first kappa shape index (κ1) is 15.3. The summed E-state index contributed by atoms with van der Waals surface area (Å²) in [6.45, 7) is 3.85. The Hall–Kier alpha value is -2.65. The molecule has 0 spiro atoms. The number of rotatable bonds is 3. The van der Waals surface area contributed by atoms with Gasteiger partial charge < -0.3 is 9.42 Å². The summed E-state index contributed by atoms with van der Waals surface area (Å²) in [5.74, 6) is 0.731. The summed E-state index contributed by atoms with van der Waals surface area (Å²) in [5.41, 5.74) is 0.485. The summed E-state index contributed by atoms with van der Waals surface area (Å²) in [5, 5.41) is 7.78. The Morgan fingerprint density at radius 3 is 2.65 bits per heavy atom. The van der Waals surface area contributed by atoms with Crippen LogP contribution in [0.5, 0.6) is 0 Å². The fourth-order valence-electron chi connectivity index (χ4n) is 2.26. The fraction of sp³-hybridized carbons (Fsp3) is 0.385. The third-order valence-corrected chi connectivity index (χ3v) is 3.49. The first-order valence-electron chi connectivity index (χ1n) is 6.68. The van der Waals surface area contributed by atoms with Crippen LogP contribution in [0.2, 0.25) is 0 Å². The van der Waals surface area contributed by atoms with Crippen LogP contribution in [-0.4, -0.2) is 31.8 Å². The Labute approximate surface area is 128 Å². The Bertz CT molecular complexity index is 834. The van der Waals surface area contributed by atoms with E-state index >= 15 is 0 Å². The van der Waals surface area contributed by atoms with Gasteiger partial charge in [0.1, 0.15) is 17.9 Å². The molecule has 0 amide bonds. The quantitative estimate of drug-likeness (QED) is 0.736. The van der Waals surface area contributed by atoms with Crippen molar-refractivity contribution in [3.8, 4) is 0 Å².